The molecule has 0 saturated heterocycles. The lowest BCUT2D eigenvalue weighted by Crippen LogP contribution is -2.30. The fourth-order valence-electron chi connectivity index (χ4n) is 7.20. The first-order valence-electron chi connectivity index (χ1n) is 25.6. The van der Waals surface area contributed by atoms with E-state index in [1.807, 2.05) is 0 Å². The molecule has 0 spiro atoms. The molecule has 0 aliphatic rings. The van der Waals surface area contributed by atoms with E-state index in [0.29, 0.717) is 19.3 Å². The third-order valence-corrected chi connectivity index (χ3v) is 11.1. The van der Waals surface area contributed by atoms with Gasteiger partial charge in [0.05, 0.1) is 0 Å². The van der Waals surface area contributed by atoms with Gasteiger partial charge in [-0.3, -0.25) is 14.4 Å². The van der Waals surface area contributed by atoms with E-state index >= 15 is 0 Å². The van der Waals surface area contributed by atoms with E-state index in [4.69, 9.17) is 14.2 Å². The Morgan fingerprint density at radius 3 is 1.08 bits per heavy atom. The summed E-state index contributed by atoms with van der Waals surface area (Å²) in [6.07, 6.45) is 58.1. The van der Waals surface area contributed by atoms with Crippen molar-refractivity contribution in [3.63, 3.8) is 0 Å². The van der Waals surface area contributed by atoms with Crippen molar-refractivity contribution >= 4 is 17.9 Å². The van der Waals surface area contributed by atoms with Crippen molar-refractivity contribution in [1.29, 1.82) is 0 Å². The molecule has 0 fully saturated rings. The van der Waals surface area contributed by atoms with E-state index in [2.05, 4.69) is 69.4 Å². The molecule has 348 valence electrons. The maximum Gasteiger partial charge on any atom is 0.306 e. The molecule has 0 aromatic carbocycles. The molecule has 1 atom stereocenters. The third kappa shape index (κ3) is 46.4. The Hall–Kier alpha value is -2.63. The average molecular weight is 841 g/mol. The molecule has 0 radical (unpaired) electrons. The standard InChI is InChI=1S/C54H96O6/c1-4-7-10-13-16-19-22-24-25-26-27-28-29-30-33-35-38-41-44-47-53(56)59-50-51(49-58-52(55)46-43-40-37-34-31-21-18-15-12-9-6-3)60-54(57)48-45-42-39-36-32-23-20-17-14-11-8-5-2/h7,10,15-16,18-19,24-25,51H,4-6,8-9,11-14,17,20-23,26-50H2,1-3H3/b10-7-,18-15-,19-16-,25-24-. The molecule has 0 aliphatic heterocycles. The summed E-state index contributed by atoms with van der Waals surface area (Å²) in [5, 5.41) is 0. The maximum atomic E-state index is 12.8. The minimum Gasteiger partial charge on any atom is -0.462 e. The third-order valence-electron chi connectivity index (χ3n) is 11.1. The predicted octanol–water partition coefficient (Wildman–Crippen LogP) is 16.7. The summed E-state index contributed by atoms with van der Waals surface area (Å²) in [6.45, 7) is 6.49. The first kappa shape index (κ1) is 57.4. The molecule has 0 bridgehead atoms. The Labute approximate surface area is 371 Å². The summed E-state index contributed by atoms with van der Waals surface area (Å²) >= 11 is 0. The zero-order valence-corrected chi connectivity index (χ0v) is 39.7. The van der Waals surface area contributed by atoms with Crippen LogP contribution in [-0.2, 0) is 28.6 Å². The topological polar surface area (TPSA) is 78.9 Å². The highest BCUT2D eigenvalue weighted by molar-refractivity contribution is 5.71. The zero-order valence-electron chi connectivity index (χ0n) is 39.7. The van der Waals surface area contributed by atoms with Crippen LogP contribution < -0.4 is 0 Å². The Morgan fingerprint density at radius 2 is 0.667 bits per heavy atom. The number of carbonyl (C=O) groups excluding carboxylic acids is 3. The Kier molecular flexibility index (Phi) is 46.9. The summed E-state index contributed by atoms with van der Waals surface area (Å²) in [6, 6.07) is 0. The van der Waals surface area contributed by atoms with E-state index in [0.717, 1.165) is 83.5 Å². The SMILES string of the molecule is CC/C=C\C/C=C\C/C=C\CCCCCCCCCCCC(=O)OCC(COC(=O)CCCCCCC/C=C\CCCC)OC(=O)CCCCCCCCCCCCCC. The average Bonchev–Trinajstić information content (AvgIpc) is 3.24. The lowest BCUT2D eigenvalue weighted by molar-refractivity contribution is -0.167. The quantitative estimate of drug-likeness (QED) is 0.0263. The smallest absolute Gasteiger partial charge is 0.306 e. The summed E-state index contributed by atoms with van der Waals surface area (Å²) in [5.74, 6) is -0.885. The highest BCUT2D eigenvalue weighted by Crippen LogP contribution is 2.15. The van der Waals surface area contributed by atoms with Crippen LogP contribution in [0.2, 0.25) is 0 Å². The summed E-state index contributed by atoms with van der Waals surface area (Å²) in [7, 11) is 0. The van der Waals surface area contributed by atoms with E-state index in [9.17, 15) is 14.4 Å². The molecule has 0 rings (SSSR count). The molecular formula is C54H96O6. The number of ether oxygens (including phenoxy) is 3. The molecule has 1 unspecified atom stereocenters. The summed E-state index contributed by atoms with van der Waals surface area (Å²) < 4.78 is 16.8. The van der Waals surface area contributed by atoms with Gasteiger partial charge in [-0.05, 0) is 70.6 Å². The van der Waals surface area contributed by atoms with Crippen molar-refractivity contribution in [2.45, 2.75) is 264 Å². The number of hydrogen-bond acceptors (Lipinski definition) is 6. The number of unbranched alkanes of at least 4 members (excludes halogenated alkanes) is 27. The molecule has 0 heterocycles. The van der Waals surface area contributed by atoms with Gasteiger partial charge in [0.25, 0.3) is 0 Å². The predicted molar refractivity (Wildman–Crippen MR) is 256 cm³/mol. The maximum absolute atomic E-state index is 12.8. The normalized spacial score (nSPS) is 12.4. The molecule has 6 heteroatoms. The van der Waals surface area contributed by atoms with E-state index in [1.54, 1.807) is 0 Å². The van der Waals surface area contributed by atoms with Crippen molar-refractivity contribution in [2.24, 2.45) is 0 Å². The fourth-order valence-corrected chi connectivity index (χ4v) is 7.20. The first-order chi connectivity index (χ1) is 29.5. The minimum atomic E-state index is -0.774. The number of rotatable bonds is 46. The fraction of sp³-hybridized carbons (Fsp3) is 0.796. The van der Waals surface area contributed by atoms with Crippen LogP contribution in [0.15, 0.2) is 48.6 Å². The second-order valence-electron chi connectivity index (χ2n) is 17.1. The van der Waals surface area contributed by atoms with Crippen LogP contribution in [0.5, 0.6) is 0 Å². The van der Waals surface area contributed by atoms with Crippen LogP contribution in [-0.4, -0.2) is 37.2 Å². The van der Waals surface area contributed by atoms with Gasteiger partial charge in [-0.2, -0.15) is 0 Å². The Bertz CT molecular complexity index is 1060. The molecule has 60 heavy (non-hydrogen) atoms. The molecule has 0 aromatic rings. The van der Waals surface area contributed by atoms with Gasteiger partial charge >= 0.3 is 17.9 Å². The summed E-state index contributed by atoms with van der Waals surface area (Å²) in [5.41, 5.74) is 0. The summed E-state index contributed by atoms with van der Waals surface area (Å²) in [4.78, 5) is 37.9. The van der Waals surface area contributed by atoms with Gasteiger partial charge in [-0.15, -0.1) is 0 Å². The number of esters is 3. The largest absolute Gasteiger partial charge is 0.462 e. The Balaban J connectivity index is 4.31. The van der Waals surface area contributed by atoms with Crippen LogP contribution in [0.1, 0.15) is 258 Å². The van der Waals surface area contributed by atoms with Crippen molar-refractivity contribution in [2.75, 3.05) is 13.2 Å². The lowest BCUT2D eigenvalue weighted by atomic mass is 10.0. The van der Waals surface area contributed by atoms with Crippen LogP contribution in [0.25, 0.3) is 0 Å². The molecular weight excluding hydrogens is 745 g/mol. The second kappa shape index (κ2) is 49.0. The molecule has 0 amide bonds. The van der Waals surface area contributed by atoms with Gasteiger partial charge in [0.15, 0.2) is 6.10 Å². The van der Waals surface area contributed by atoms with Crippen molar-refractivity contribution in [3.8, 4) is 0 Å². The van der Waals surface area contributed by atoms with Crippen molar-refractivity contribution < 1.29 is 28.6 Å². The van der Waals surface area contributed by atoms with E-state index in [1.165, 1.54) is 135 Å². The van der Waals surface area contributed by atoms with Crippen molar-refractivity contribution in [3.05, 3.63) is 48.6 Å². The highest BCUT2D eigenvalue weighted by atomic mass is 16.6. The zero-order chi connectivity index (χ0) is 43.7. The molecule has 0 aliphatic carbocycles. The van der Waals surface area contributed by atoms with Gasteiger partial charge in [-0.25, -0.2) is 0 Å². The van der Waals surface area contributed by atoms with Gasteiger partial charge in [0.2, 0.25) is 0 Å². The lowest BCUT2D eigenvalue weighted by Gasteiger charge is -2.18. The number of carbonyl (C=O) groups is 3. The van der Waals surface area contributed by atoms with Crippen LogP contribution in [0.3, 0.4) is 0 Å². The second-order valence-corrected chi connectivity index (χ2v) is 17.1. The van der Waals surface area contributed by atoms with Gasteiger partial charge in [0.1, 0.15) is 13.2 Å². The molecule has 0 saturated carbocycles. The number of hydrogen-bond donors (Lipinski definition) is 0. The van der Waals surface area contributed by atoms with Crippen LogP contribution in [0.4, 0.5) is 0 Å². The van der Waals surface area contributed by atoms with Gasteiger partial charge in [0, 0.05) is 19.3 Å². The molecule has 0 N–H and O–H groups in total. The monoisotopic (exact) mass is 841 g/mol. The van der Waals surface area contributed by atoms with E-state index in [-0.39, 0.29) is 31.1 Å². The van der Waals surface area contributed by atoms with Crippen LogP contribution in [0, 0.1) is 0 Å². The van der Waals surface area contributed by atoms with Gasteiger partial charge in [-0.1, -0.05) is 217 Å². The van der Waals surface area contributed by atoms with Gasteiger partial charge < -0.3 is 14.2 Å². The van der Waals surface area contributed by atoms with Crippen molar-refractivity contribution in [1.82, 2.24) is 0 Å². The molecule has 0 aromatic heterocycles. The van der Waals surface area contributed by atoms with Crippen LogP contribution >= 0.6 is 0 Å². The molecule has 6 nitrogen and oxygen atoms in total. The Morgan fingerprint density at radius 1 is 0.350 bits per heavy atom. The first-order valence-corrected chi connectivity index (χ1v) is 25.6. The number of allylic oxidation sites excluding steroid dienone is 8. The highest BCUT2D eigenvalue weighted by Gasteiger charge is 2.19. The van der Waals surface area contributed by atoms with E-state index < -0.39 is 6.10 Å². The minimum absolute atomic E-state index is 0.0764.